The van der Waals surface area contributed by atoms with Gasteiger partial charge in [-0.15, -0.1) is 0 Å². The van der Waals surface area contributed by atoms with Crippen molar-refractivity contribution in [2.24, 2.45) is 0 Å². The lowest BCUT2D eigenvalue weighted by Crippen LogP contribution is -2.65. The number of hydrogen-bond donors (Lipinski definition) is 9. The van der Waals surface area contributed by atoms with E-state index in [0.29, 0.717) is 12.8 Å². The van der Waals surface area contributed by atoms with Crippen LogP contribution in [0.2, 0.25) is 0 Å². The Bertz CT molecular complexity index is 1500. The fourth-order valence-electron chi connectivity index (χ4n) is 8.92. The van der Waals surface area contributed by atoms with E-state index in [1.165, 1.54) is 96.3 Å². The monoisotopic (exact) mass is 1030 g/mol. The third-order valence-electron chi connectivity index (χ3n) is 13.6. The van der Waals surface area contributed by atoms with Crippen LogP contribution >= 0.6 is 0 Å². The molecule has 1 amide bonds. The summed E-state index contributed by atoms with van der Waals surface area (Å²) in [6.07, 6.45) is 40.8. The van der Waals surface area contributed by atoms with E-state index in [-0.39, 0.29) is 18.9 Å². The fourth-order valence-corrected chi connectivity index (χ4v) is 8.92. The van der Waals surface area contributed by atoms with E-state index in [2.05, 4.69) is 79.9 Å². The van der Waals surface area contributed by atoms with Crippen molar-refractivity contribution in [3.63, 3.8) is 0 Å². The molecule has 2 aliphatic heterocycles. The summed E-state index contributed by atoms with van der Waals surface area (Å²) in [6, 6.07) is -0.945. The molecule has 12 atom stereocenters. The number of aliphatic hydroxyl groups excluding tert-OH is 8. The third kappa shape index (κ3) is 30.7. The van der Waals surface area contributed by atoms with Crippen LogP contribution in [0.5, 0.6) is 0 Å². The molecule has 14 heteroatoms. The van der Waals surface area contributed by atoms with Crippen LogP contribution in [0.15, 0.2) is 72.9 Å². The molecular formula is C59H103NO13. The molecule has 9 N–H and O–H groups in total. The Hall–Kier alpha value is -2.57. The largest absolute Gasteiger partial charge is 0.394 e. The van der Waals surface area contributed by atoms with Crippen molar-refractivity contribution in [1.82, 2.24) is 5.32 Å². The van der Waals surface area contributed by atoms with Crippen molar-refractivity contribution in [2.45, 2.75) is 274 Å². The molecule has 0 bridgehead atoms. The molecule has 0 spiro atoms. The topological polar surface area (TPSA) is 228 Å². The van der Waals surface area contributed by atoms with Gasteiger partial charge in [0.05, 0.1) is 32.0 Å². The van der Waals surface area contributed by atoms with Gasteiger partial charge in [-0.3, -0.25) is 4.79 Å². The molecular weight excluding hydrogens is 931 g/mol. The summed E-state index contributed by atoms with van der Waals surface area (Å²) in [5.41, 5.74) is 0. The van der Waals surface area contributed by atoms with Crippen molar-refractivity contribution in [1.29, 1.82) is 0 Å². The molecule has 2 aliphatic rings. The average molecular weight is 1030 g/mol. The first kappa shape index (κ1) is 66.5. The van der Waals surface area contributed by atoms with Crippen molar-refractivity contribution >= 4 is 5.91 Å². The summed E-state index contributed by atoms with van der Waals surface area (Å²) in [4.78, 5) is 13.2. The summed E-state index contributed by atoms with van der Waals surface area (Å²) in [5, 5.41) is 86.9. The molecule has 0 radical (unpaired) electrons. The van der Waals surface area contributed by atoms with E-state index < -0.39 is 86.8 Å². The van der Waals surface area contributed by atoms with Gasteiger partial charge in [-0.1, -0.05) is 183 Å². The van der Waals surface area contributed by atoms with Crippen molar-refractivity contribution in [3.8, 4) is 0 Å². The quantitative estimate of drug-likeness (QED) is 0.0205. The summed E-state index contributed by atoms with van der Waals surface area (Å²) in [7, 11) is 0. The van der Waals surface area contributed by atoms with Crippen molar-refractivity contribution < 1.29 is 64.6 Å². The highest BCUT2D eigenvalue weighted by atomic mass is 16.7. The molecule has 12 unspecified atom stereocenters. The van der Waals surface area contributed by atoms with Crippen LogP contribution in [0.3, 0.4) is 0 Å². The molecule has 14 nitrogen and oxygen atoms in total. The summed E-state index contributed by atoms with van der Waals surface area (Å²) >= 11 is 0. The fraction of sp³-hybridized carbons (Fsp3) is 0.780. The first-order chi connectivity index (χ1) is 35.6. The van der Waals surface area contributed by atoms with Gasteiger partial charge in [0.2, 0.25) is 5.91 Å². The second-order valence-corrected chi connectivity index (χ2v) is 20.0. The third-order valence-corrected chi connectivity index (χ3v) is 13.6. The SMILES string of the molecule is CCCCCCC/C=C\C/C=C\C/C=C\CCCCCCCCCCC(=O)NC(COC1OC(CO)C(OC2OC(CO)C(O)C(O)C2O)C(O)C1O)C(O)/C=C/CC/C=C/CC/C=C/CCCCCCCC. The van der Waals surface area contributed by atoms with Gasteiger partial charge in [0.25, 0.3) is 0 Å². The van der Waals surface area contributed by atoms with E-state index in [1.807, 2.05) is 6.08 Å². The molecule has 2 heterocycles. The predicted octanol–water partition coefficient (Wildman–Crippen LogP) is 9.16. The van der Waals surface area contributed by atoms with Gasteiger partial charge in [0.1, 0.15) is 48.8 Å². The summed E-state index contributed by atoms with van der Waals surface area (Å²) in [6.45, 7) is 2.73. The van der Waals surface area contributed by atoms with E-state index in [0.717, 1.165) is 70.6 Å². The number of nitrogens with one attached hydrogen (secondary N) is 1. The molecule has 2 saturated heterocycles. The number of ether oxygens (including phenoxy) is 4. The molecule has 0 aromatic heterocycles. The van der Waals surface area contributed by atoms with Gasteiger partial charge in [-0.05, 0) is 83.5 Å². The standard InChI is InChI=1S/C59H103NO13/c1-3-5-7-9-11-13-15-17-19-21-22-23-24-25-26-27-29-31-33-35-37-39-41-43-51(64)60-47(48(63)42-40-38-36-34-32-30-28-20-18-16-14-12-10-8-6-4-2)46-70-58-56(69)54(67)57(50(45-62)72-58)73-59-55(68)53(66)52(65)49(44-61)71-59/h15,17-18,20-22,24-25,32,34,40,42,47-50,52-59,61-63,65-69H,3-14,16,19,23,26-31,33,35-39,41,43-46H2,1-2H3,(H,60,64)/b17-15-,20-18+,22-21-,25-24-,34-32+,42-40+. The molecule has 0 aliphatic carbocycles. The minimum atomic E-state index is -1.80. The normalized spacial score (nSPS) is 25.9. The Kier molecular flexibility index (Phi) is 40.6. The summed E-state index contributed by atoms with van der Waals surface area (Å²) < 4.78 is 22.7. The maximum atomic E-state index is 13.2. The summed E-state index contributed by atoms with van der Waals surface area (Å²) in [5.74, 6) is -0.264. The Morgan fingerprint density at radius 3 is 1.44 bits per heavy atom. The van der Waals surface area contributed by atoms with Crippen LogP contribution in [-0.4, -0.2) is 140 Å². The highest BCUT2D eigenvalue weighted by Gasteiger charge is 2.51. The van der Waals surface area contributed by atoms with Crippen LogP contribution in [0.25, 0.3) is 0 Å². The Labute approximate surface area is 440 Å². The number of amides is 1. The average Bonchev–Trinajstić information content (AvgIpc) is 3.39. The first-order valence-electron chi connectivity index (χ1n) is 28.7. The van der Waals surface area contributed by atoms with Crippen LogP contribution in [-0.2, 0) is 23.7 Å². The van der Waals surface area contributed by atoms with Gasteiger partial charge >= 0.3 is 0 Å². The van der Waals surface area contributed by atoms with Gasteiger partial charge < -0.3 is 65.1 Å². The molecule has 0 saturated carbocycles. The molecule has 422 valence electrons. The number of aliphatic hydroxyl groups is 8. The molecule has 2 fully saturated rings. The highest BCUT2D eigenvalue weighted by Crippen LogP contribution is 2.30. The first-order valence-corrected chi connectivity index (χ1v) is 28.7. The minimum Gasteiger partial charge on any atom is -0.394 e. The van der Waals surface area contributed by atoms with Crippen LogP contribution in [0, 0.1) is 0 Å². The maximum absolute atomic E-state index is 13.2. The zero-order chi connectivity index (χ0) is 53.2. The highest BCUT2D eigenvalue weighted by molar-refractivity contribution is 5.76. The molecule has 0 aromatic carbocycles. The van der Waals surface area contributed by atoms with E-state index in [1.54, 1.807) is 6.08 Å². The van der Waals surface area contributed by atoms with Gasteiger partial charge in [0.15, 0.2) is 12.6 Å². The van der Waals surface area contributed by atoms with Gasteiger partial charge in [-0.25, -0.2) is 0 Å². The van der Waals surface area contributed by atoms with E-state index in [4.69, 9.17) is 18.9 Å². The number of unbranched alkanes of at least 4 members (excludes halogenated alkanes) is 21. The van der Waals surface area contributed by atoms with Crippen molar-refractivity contribution in [3.05, 3.63) is 72.9 Å². The Morgan fingerprint density at radius 2 is 0.918 bits per heavy atom. The van der Waals surface area contributed by atoms with E-state index in [9.17, 15) is 45.6 Å². The van der Waals surface area contributed by atoms with Gasteiger partial charge in [-0.2, -0.15) is 0 Å². The second-order valence-electron chi connectivity index (χ2n) is 20.0. The predicted molar refractivity (Wildman–Crippen MR) is 290 cm³/mol. The number of hydrogen-bond acceptors (Lipinski definition) is 13. The molecule has 73 heavy (non-hydrogen) atoms. The lowest BCUT2D eigenvalue weighted by Gasteiger charge is -2.46. The molecule has 2 rings (SSSR count). The zero-order valence-electron chi connectivity index (χ0n) is 45.1. The number of allylic oxidation sites excluding steroid dienone is 11. The smallest absolute Gasteiger partial charge is 0.220 e. The lowest BCUT2D eigenvalue weighted by atomic mass is 9.97. The zero-order valence-corrected chi connectivity index (χ0v) is 45.1. The minimum absolute atomic E-state index is 0.258. The number of rotatable bonds is 44. The van der Waals surface area contributed by atoms with Crippen molar-refractivity contribution in [2.75, 3.05) is 19.8 Å². The Balaban J connectivity index is 1.80. The maximum Gasteiger partial charge on any atom is 0.220 e. The van der Waals surface area contributed by atoms with Crippen LogP contribution < -0.4 is 5.32 Å². The van der Waals surface area contributed by atoms with E-state index >= 15 is 0 Å². The number of carbonyl (C=O) groups is 1. The second kappa shape index (κ2) is 44.5. The lowest BCUT2D eigenvalue weighted by molar-refractivity contribution is -0.359. The van der Waals surface area contributed by atoms with Gasteiger partial charge in [0, 0.05) is 6.42 Å². The van der Waals surface area contributed by atoms with Crippen LogP contribution in [0.4, 0.5) is 0 Å². The number of carbonyl (C=O) groups excluding carboxylic acids is 1. The molecule has 0 aromatic rings. The Morgan fingerprint density at radius 1 is 0.493 bits per heavy atom. The van der Waals surface area contributed by atoms with Crippen LogP contribution in [0.1, 0.15) is 200 Å².